The van der Waals surface area contributed by atoms with Crippen LogP contribution in [0.25, 0.3) is 0 Å². The summed E-state index contributed by atoms with van der Waals surface area (Å²) in [4.78, 5) is 0. The van der Waals surface area contributed by atoms with Gasteiger partial charge < -0.3 is 24.8 Å². The molecule has 0 saturated heterocycles. The van der Waals surface area contributed by atoms with Crippen molar-refractivity contribution in [3.63, 3.8) is 0 Å². The summed E-state index contributed by atoms with van der Waals surface area (Å²) in [5, 5.41) is 6.78. The Morgan fingerprint density at radius 1 is 0.615 bits per heavy atom. The molecule has 0 bridgehead atoms. The van der Waals surface area contributed by atoms with Crippen molar-refractivity contribution in [3.05, 3.63) is 90.0 Å². The zero-order valence-corrected chi connectivity index (χ0v) is 24.2. The maximum absolute atomic E-state index is 6.13. The van der Waals surface area contributed by atoms with Crippen LogP contribution in [-0.2, 0) is 15.9 Å². The largest absolute Gasteiger partial charge is 0.491 e. The molecule has 212 valence electrons. The van der Waals surface area contributed by atoms with E-state index in [4.69, 9.17) is 14.2 Å². The monoisotopic (exact) mass is 532 g/mol. The third-order valence-corrected chi connectivity index (χ3v) is 6.90. The van der Waals surface area contributed by atoms with Gasteiger partial charge in [0.25, 0.3) is 0 Å². The number of unbranched alkanes of at least 4 members (excludes halogenated alkanes) is 2. The maximum Gasteiger partial charge on any atom is 0.119 e. The first-order valence-corrected chi connectivity index (χ1v) is 14.8. The van der Waals surface area contributed by atoms with E-state index < -0.39 is 0 Å². The molecule has 0 aliphatic rings. The molecule has 1 unspecified atom stereocenters. The number of ether oxygens (including phenoxy) is 3. The molecule has 5 heteroatoms. The fraction of sp³-hybridized carbons (Fsp3) is 0.471. The van der Waals surface area contributed by atoms with Crippen molar-refractivity contribution < 1.29 is 14.2 Å². The Morgan fingerprint density at radius 3 is 1.62 bits per heavy atom. The summed E-state index contributed by atoms with van der Waals surface area (Å²) in [5.41, 5.74) is 4.72. The molecule has 2 N–H and O–H groups in total. The van der Waals surface area contributed by atoms with Gasteiger partial charge in [0.05, 0.1) is 12.2 Å². The van der Waals surface area contributed by atoms with E-state index in [0.29, 0.717) is 26.2 Å². The normalized spacial score (nSPS) is 11.9. The second-order valence-electron chi connectivity index (χ2n) is 10.1. The number of benzene rings is 3. The Labute approximate surface area is 236 Å². The third-order valence-electron chi connectivity index (χ3n) is 6.90. The van der Waals surface area contributed by atoms with Crippen molar-refractivity contribution in [2.45, 2.75) is 84.3 Å². The summed E-state index contributed by atoms with van der Waals surface area (Å²) in [6, 6.07) is 27.1. The average Bonchev–Trinajstić information content (AvgIpc) is 2.98. The zero-order chi connectivity index (χ0) is 27.5. The van der Waals surface area contributed by atoms with Crippen LogP contribution < -0.4 is 15.4 Å². The number of para-hydroxylation sites is 1. The molecule has 0 aromatic heterocycles. The summed E-state index contributed by atoms with van der Waals surface area (Å²) in [6.07, 6.45) is 9.43. The van der Waals surface area contributed by atoms with Gasteiger partial charge in [0.15, 0.2) is 0 Å². The van der Waals surface area contributed by atoms with E-state index in [1.807, 2.05) is 30.3 Å². The molecule has 5 nitrogen and oxygen atoms in total. The number of anilines is 2. The highest BCUT2D eigenvalue weighted by Crippen LogP contribution is 2.17. The van der Waals surface area contributed by atoms with E-state index in [-0.39, 0.29) is 6.10 Å². The smallest absolute Gasteiger partial charge is 0.119 e. The van der Waals surface area contributed by atoms with Gasteiger partial charge in [-0.3, -0.25) is 0 Å². The molecule has 1 atom stereocenters. The summed E-state index contributed by atoms with van der Waals surface area (Å²) < 4.78 is 17.9. The topological polar surface area (TPSA) is 51.8 Å². The van der Waals surface area contributed by atoms with Gasteiger partial charge >= 0.3 is 0 Å². The molecule has 3 rings (SSSR count). The van der Waals surface area contributed by atoms with Crippen molar-refractivity contribution in [1.29, 1.82) is 0 Å². The number of hydrogen-bond donors (Lipinski definition) is 2. The molecule has 0 heterocycles. The molecule has 39 heavy (non-hydrogen) atoms. The lowest BCUT2D eigenvalue weighted by Crippen LogP contribution is -2.23. The molecule has 0 saturated carbocycles. The highest BCUT2D eigenvalue weighted by Gasteiger charge is 2.09. The summed E-state index contributed by atoms with van der Waals surface area (Å²) in [5.74, 6) is 0.872. The Hall–Kier alpha value is -3.02. The van der Waals surface area contributed by atoms with Crippen molar-refractivity contribution in [3.8, 4) is 5.75 Å². The fourth-order valence-corrected chi connectivity index (χ4v) is 4.37. The van der Waals surface area contributed by atoms with Gasteiger partial charge in [0.1, 0.15) is 25.8 Å². The van der Waals surface area contributed by atoms with Crippen molar-refractivity contribution >= 4 is 11.4 Å². The quantitative estimate of drug-likeness (QED) is 0.143. The SMILES string of the molecule is CCCCC(CCCC)OCNc1ccc(Cc2ccc(NCOC(CC)COc3ccccc3)cc2)cc1. The van der Waals surface area contributed by atoms with Crippen LogP contribution in [0.1, 0.15) is 76.8 Å². The lowest BCUT2D eigenvalue weighted by Gasteiger charge is -2.18. The van der Waals surface area contributed by atoms with Crippen molar-refractivity contribution in [2.75, 3.05) is 30.7 Å². The minimum atomic E-state index is 0.0459. The predicted octanol–water partition coefficient (Wildman–Crippen LogP) is 8.66. The van der Waals surface area contributed by atoms with E-state index in [1.54, 1.807) is 0 Å². The molecule has 0 spiro atoms. The van der Waals surface area contributed by atoms with Crippen molar-refractivity contribution in [1.82, 2.24) is 0 Å². The van der Waals surface area contributed by atoms with Crippen LogP contribution in [0.3, 0.4) is 0 Å². The molecule has 3 aromatic carbocycles. The molecule has 0 aliphatic carbocycles. The number of nitrogens with one attached hydrogen (secondary N) is 2. The van der Waals surface area contributed by atoms with Crippen molar-refractivity contribution in [2.24, 2.45) is 0 Å². The van der Waals surface area contributed by atoms with Gasteiger partial charge in [-0.2, -0.15) is 0 Å². The summed E-state index contributed by atoms with van der Waals surface area (Å²) in [6.45, 7) is 8.15. The Morgan fingerprint density at radius 2 is 1.13 bits per heavy atom. The fourth-order valence-electron chi connectivity index (χ4n) is 4.37. The lowest BCUT2D eigenvalue weighted by molar-refractivity contribution is 0.0284. The Balaban J connectivity index is 1.36. The van der Waals surface area contributed by atoms with Crippen LogP contribution in [0, 0.1) is 0 Å². The second-order valence-corrected chi connectivity index (χ2v) is 10.1. The maximum atomic E-state index is 6.13. The van der Waals surface area contributed by atoms with Crippen LogP contribution in [0.4, 0.5) is 11.4 Å². The second kappa shape index (κ2) is 18.3. The van der Waals surface area contributed by atoms with Gasteiger partial charge in [-0.05, 0) is 73.2 Å². The van der Waals surface area contributed by atoms with Crippen LogP contribution in [0.2, 0.25) is 0 Å². The first-order chi connectivity index (χ1) is 19.2. The van der Waals surface area contributed by atoms with Crippen LogP contribution in [0.5, 0.6) is 5.75 Å². The molecular formula is C34H48N2O3. The first-order valence-electron chi connectivity index (χ1n) is 14.8. The van der Waals surface area contributed by atoms with E-state index in [2.05, 4.69) is 79.9 Å². The molecule has 0 aliphatic heterocycles. The standard InChI is InChI=1S/C34H48N2O3/c1-4-7-12-34(13-8-5-2)39-27-36-31-22-18-29(19-23-31)24-28-16-20-30(21-17-28)35-26-38-32(6-3)25-37-33-14-10-9-11-15-33/h9-11,14-23,32,34-36H,4-8,12-13,24-27H2,1-3H3. The molecule has 3 aromatic rings. The van der Waals surface area contributed by atoms with Gasteiger partial charge in [-0.1, -0.05) is 88.9 Å². The van der Waals surface area contributed by atoms with Gasteiger partial charge in [-0.25, -0.2) is 0 Å². The number of hydrogen-bond acceptors (Lipinski definition) is 5. The minimum absolute atomic E-state index is 0.0459. The van der Waals surface area contributed by atoms with Crippen LogP contribution in [0.15, 0.2) is 78.9 Å². The highest BCUT2D eigenvalue weighted by atomic mass is 16.5. The van der Waals surface area contributed by atoms with E-state index in [0.717, 1.165) is 42.8 Å². The molecular weight excluding hydrogens is 484 g/mol. The average molecular weight is 533 g/mol. The molecule has 0 radical (unpaired) electrons. The van der Waals surface area contributed by atoms with Gasteiger partial charge in [0.2, 0.25) is 0 Å². The number of rotatable bonds is 20. The van der Waals surface area contributed by atoms with Crippen LogP contribution >= 0.6 is 0 Å². The third kappa shape index (κ3) is 12.1. The molecule has 0 fully saturated rings. The summed E-state index contributed by atoms with van der Waals surface area (Å²) in [7, 11) is 0. The predicted molar refractivity (Wildman–Crippen MR) is 164 cm³/mol. The zero-order valence-electron chi connectivity index (χ0n) is 24.2. The molecule has 0 amide bonds. The summed E-state index contributed by atoms with van der Waals surface area (Å²) >= 11 is 0. The Kier molecular flexibility index (Phi) is 14.3. The highest BCUT2D eigenvalue weighted by molar-refractivity contribution is 5.47. The Bertz CT molecular complexity index is 1000. The van der Waals surface area contributed by atoms with E-state index in [9.17, 15) is 0 Å². The van der Waals surface area contributed by atoms with Gasteiger partial charge in [0, 0.05) is 11.4 Å². The van der Waals surface area contributed by atoms with Gasteiger partial charge in [-0.15, -0.1) is 0 Å². The van der Waals surface area contributed by atoms with E-state index >= 15 is 0 Å². The lowest BCUT2D eigenvalue weighted by atomic mass is 10.0. The van der Waals surface area contributed by atoms with Crippen LogP contribution in [-0.4, -0.2) is 32.3 Å². The van der Waals surface area contributed by atoms with E-state index in [1.165, 1.54) is 36.8 Å². The minimum Gasteiger partial charge on any atom is -0.491 e. The first kappa shape index (κ1) is 30.5.